The zero-order valence-corrected chi connectivity index (χ0v) is 12.3. The number of anilines is 1. The molecular weight excluding hydrogens is 257 g/mol. The molecule has 1 aliphatic rings. The molecule has 1 aliphatic carbocycles. The number of carbonyl (C=O) groups is 1. The van der Waals surface area contributed by atoms with Crippen LogP contribution in [0.1, 0.15) is 43.5 Å². The van der Waals surface area contributed by atoms with Crippen LogP contribution in [0, 0.1) is 17.7 Å². The molecule has 2 atom stereocenters. The molecule has 0 bridgehead atoms. The van der Waals surface area contributed by atoms with Gasteiger partial charge in [0.25, 0.3) is 0 Å². The van der Waals surface area contributed by atoms with Crippen LogP contribution >= 0.6 is 0 Å². The lowest BCUT2D eigenvalue weighted by atomic mass is 9.78. The van der Waals surface area contributed by atoms with Crippen LogP contribution < -0.4 is 5.32 Å². The van der Waals surface area contributed by atoms with Crippen molar-refractivity contribution in [3.63, 3.8) is 0 Å². The maximum Gasteiger partial charge on any atom is 0.339 e. The van der Waals surface area contributed by atoms with Gasteiger partial charge in [-0.3, -0.25) is 0 Å². The second kappa shape index (κ2) is 6.25. The highest BCUT2D eigenvalue weighted by molar-refractivity contribution is 5.95. The van der Waals surface area contributed by atoms with Crippen molar-refractivity contribution in [2.45, 2.75) is 39.2 Å². The number of esters is 1. The SMILES string of the molecule is COC(=O)c1ccc(F)cc1NC1C(C)CCCC1C. The summed E-state index contributed by atoms with van der Waals surface area (Å²) < 4.78 is 18.2. The van der Waals surface area contributed by atoms with E-state index in [1.54, 1.807) is 0 Å². The summed E-state index contributed by atoms with van der Waals surface area (Å²) in [6.45, 7) is 4.40. The number of methoxy groups -OCH3 is 1. The highest BCUT2D eigenvalue weighted by Gasteiger charge is 2.28. The summed E-state index contributed by atoms with van der Waals surface area (Å²) in [6, 6.07) is 4.39. The van der Waals surface area contributed by atoms with Gasteiger partial charge in [-0.05, 0) is 42.9 Å². The van der Waals surface area contributed by atoms with Gasteiger partial charge >= 0.3 is 5.97 Å². The average molecular weight is 279 g/mol. The second-order valence-corrected chi connectivity index (χ2v) is 5.74. The van der Waals surface area contributed by atoms with Crippen molar-refractivity contribution in [1.82, 2.24) is 0 Å². The van der Waals surface area contributed by atoms with Crippen LogP contribution in [0.5, 0.6) is 0 Å². The summed E-state index contributed by atoms with van der Waals surface area (Å²) in [5, 5.41) is 3.36. The minimum absolute atomic E-state index is 0.258. The van der Waals surface area contributed by atoms with E-state index in [0.29, 0.717) is 23.1 Å². The molecule has 0 spiro atoms. The Bertz CT molecular complexity index is 479. The molecule has 0 saturated heterocycles. The minimum atomic E-state index is -0.441. The molecule has 1 fully saturated rings. The van der Waals surface area contributed by atoms with Gasteiger partial charge in [0.2, 0.25) is 0 Å². The molecule has 2 unspecified atom stereocenters. The van der Waals surface area contributed by atoms with E-state index in [4.69, 9.17) is 4.74 Å². The summed E-state index contributed by atoms with van der Waals surface area (Å²) in [6.07, 6.45) is 3.54. The number of hydrogen-bond donors (Lipinski definition) is 1. The molecule has 0 amide bonds. The van der Waals surface area contributed by atoms with Crippen LogP contribution in [0.15, 0.2) is 18.2 Å². The van der Waals surface area contributed by atoms with E-state index < -0.39 is 5.97 Å². The van der Waals surface area contributed by atoms with E-state index in [1.165, 1.54) is 31.7 Å². The summed E-state index contributed by atoms with van der Waals surface area (Å²) in [7, 11) is 1.33. The van der Waals surface area contributed by atoms with Gasteiger partial charge in [0, 0.05) is 6.04 Å². The quantitative estimate of drug-likeness (QED) is 0.854. The largest absolute Gasteiger partial charge is 0.465 e. The van der Waals surface area contributed by atoms with Gasteiger partial charge in [0.05, 0.1) is 18.4 Å². The lowest BCUT2D eigenvalue weighted by Gasteiger charge is -2.36. The number of halogens is 1. The molecule has 1 aromatic carbocycles. The third-order valence-corrected chi connectivity index (χ3v) is 4.25. The predicted molar refractivity (Wildman–Crippen MR) is 77.3 cm³/mol. The third kappa shape index (κ3) is 3.11. The molecule has 4 heteroatoms. The van der Waals surface area contributed by atoms with E-state index in [0.717, 1.165) is 12.8 Å². The molecule has 3 nitrogen and oxygen atoms in total. The minimum Gasteiger partial charge on any atom is -0.465 e. The lowest BCUT2D eigenvalue weighted by Crippen LogP contribution is -2.37. The van der Waals surface area contributed by atoms with Crippen molar-refractivity contribution in [3.8, 4) is 0 Å². The Hall–Kier alpha value is -1.58. The van der Waals surface area contributed by atoms with Crippen molar-refractivity contribution < 1.29 is 13.9 Å². The van der Waals surface area contributed by atoms with E-state index in [1.807, 2.05) is 0 Å². The normalized spacial score (nSPS) is 26.1. The van der Waals surface area contributed by atoms with Crippen molar-refractivity contribution in [2.24, 2.45) is 11.8 Å². The first-order valence-electron chi connectivity index (χ1n) is 7.17. The lowest BCUT2D eigenvalue weighted by molar-refractivity contribution is 0.0601. The van der Waals surface area contributed by atoms with Crippen molar-refractivity contribution in [2.75, 3.05) is 12.4 Å². The maximum atomic E-state index is 13.5. The zero-order chi connectivity index (χ0) is 14.7. The first-order valence-corrected chi connectivity index (χ1v) is 7.17. The fourth-order valence-corrected chi connectivity index (χ4v) is 3.07. The predicted octanol–water partition coefficient (Wildman–Crippen LogP) is 3.85. The first kappa shape index (κ1) is 14.8. The second-order valence-electron chi connectivity index (χ2n) is 5.74. The molecule has 0 heterocycles. The molecule has 2 rings (SSSR count). The number of carbonyl (C=O) groups excluding carboxylic acids is 1. The highest BCUT2D eigenvalue weighted by atomic mass is 19.1. The standard InChI is InChI=1S/C16H22FNO2/c1-10-5-4-6-11(2)15(10)18-14-9-12(17)7-8-13(14)16(19)20-3/h7-11,15,18H,4-6H2,1-3H3. The van der Waals surface area contributed by atoms with E-state index >= 15 is 0 Å². The van der Waals surface area contributed by atoms with Crippen LogP contribution in [0.25, 0.3) is 0 Å². The molecule has 0 radical (unpaired) electrons. The molecular formula is C16H22FNO2. The topological polar surface area (TPSA) is 38.3 Å². The Morgan fingerprint density at radius 3 is 2.55 bits per heavy atom. The van der Waals surface area contributed by atoms with Crippen LogP contribution in [0.4, 0.5) is 10.1 Å². The molecule has 1 N–H and O–H groups in total. The Labute approximate surface area is 119 Å². The summed E-state index contributed by atoms with van der Waals surface area (Å²) in [5.74, 6) is 0.222. The number of nitrogens with one attached hydrogen (secondary N) is 1. The molecule has 1 aromatic rings. The Kier molecular flexibility index (Phi) is 4.63. The van der Waals surface area contributed by atoms with Crippen molar-refractivity contribution in [1.29, 1.82) is 0 Å². The summed E-state index contributed by atoms with van der Waals surface area (Å²) in [4.78, 5) is 11.8. The fraction of sp³-hybridized carbons (Fsp3) is 0.562. The molecule has 110 valence electrons. The fourth-order valence-electron chi connectivity index (χ4n) is 3.07. The van der Waals surface area contributed by atoms with Gasteiger partial charge in [0.15, 0.2) is 0 Å². The van der Waals surface area contributed by atoms with Gasteiger partial charge in [-0.15, -0.1) is 0 Å². The van der Waals surface area contributed by atoms with E-state index in [-0.39, 0.29) is 11.9 Å². The molecule has 1 saturated carbocycles. The number of rotatable bonds is 3. The summed E-state index contributed by atoms with van der Waals surface area (Å²) >= 11 is 0. The van der Waals surface area contributed by atoms with Crippen molar-refractivity contribution in [3.05, 3.63) is 29.6 Å². The average Bonchev–Trinajstić information content (AvgIpc) is 2.42. The first-order chi connectivity index (χ1) is 9.52. The van der Waals surface area contributed by atoms with Gasteiger partial charge < -0.3 is 10.1 Å². The molecule has 0 aromatic heterocycles. The van der Waals surface area contributed by atoms with E-state index in [2.05, 4.69) is 19.2 Å². The maximum absolute atomic E-state index is 13.5. The Morgan fingerprint density at radius 2 is 1.95 bits per heavy atom. The summed E-state index contributed by atoms with van der Waals surface area (Å²) in [5.41, 5.74) is 0.918. The van der Waals surface area contributed by atoms with Crippen LogP contribution in [0.3, 0.4) is 0 Å². The number of ether oxygens (including phenoxy) is 1. The van der Waals surface area contributed by atoms with Gasteiger partial charge in [-0.1, -0.05) is 20.3 Å². The zero-order valence-electron chi connectivity index (χ0n) is 12.3. The number of hydrogen-bond acceptors (Lipinski definition) is 3. The highest BCUT2D eigenvalue weighted by Crippen LogP contribution is 2.32. The molecule has 0 aliphatic heterocycles. The Balaban J connectivity index is 2.27. The van der Waals surface area contributed by atoms with Crippen LogP contribution in [-0.4, -0.2) is 19.1 Å². The monoisotopic (exact) mass is 279 g/mol. The molecule has 20 heavy (non-hydrogen) atoms. The third-order valence-electron chi connectivity index (χ3n) is 4.25. The van der Waals surface area contributed by atoms with Crippen molar-refractivity contribution >= 4 is 11.7 Å². The van der Waals surface area contributed by atoms with Gasteiger partial charge in [0.1, 0.15) is 5.82 Å². The van der Waals surface area contributed by atoms with Gasteiger partial charge in [-0.2, -0.15) is 0 Å². The Morgan fingerprint density at radius 1 is 1.30 bits per heavy atom. The van der Waals surface area contributed by atoms with Crippen LogP contribution in [0.2, 0.25) is 0 Å². The van der Waals surface area contributed by atoms with Gasteiger partial charge in [-0.25, -0.2) is 9.18 Å². The van der Waals surface area contributed by atoms with Crippen LogP contribution in [-0.2, 0) is 4.74 Å². The smallest absolute Gasteiger partial charge is 0.339 e. The number of benzene rings is 1. The van der Waals surface area contributed by atoms with E-state index in [9.17, 15) is 9.18 Å².